The smallest absolute Gasteiger partial charge is 0.221 e. The molecule has 0 radical (unpaired) electrons. The number of carbonyl (C=O) groups excluding carboxylic acids is 2. The summed E-state index contributed by atoms with van der Waals surface area (Å²) in [6, 6.07) is 12.7. The Bertz CT molecular complexity index is 641. The van der Waals surface area contributed by atoms with Crippen LogP contribution in [0.15, 0.2) is 52.3 Å². The van der Waals surface area contributed by atoms with Crippen LogP contribution in [0.4, 0.5) is 5.69 Å². The zero-order chi connectivity index (χ0) is 14.5. The second kappa shape index (κ2) is 6.59. The summed E-state index contributed by atoms with van der Waals surface area (Å²) in [5.74, 6) is -0.0992. The highest BCUT2D eigenvalue weighted by atomic mass is 35.5. The van der Waals surface area contributed by atoms with E-state index in [1.165, 1.54) is 18.7 Å². The van der Waals surface area contributed by atoms with Crippen LogP contribution < -0.4 is 5.32 Å². The molecule has 0 saturated heterocycles. The second-order valence-corrected chi connectivity index (χ2v) is 5.64. The molecule has 1 amide bonds. The minimum Gasteiger partial charge on any atom is -0.326 e. The summed E-state index contributed by atoms with van der Waals surface area (Å²) >= 11 is 7.62. The van der Waals surface area contributed by atoms with Crippen molar-refractivity contribution < 1.29 is 9.59 Å². The molecule has 0 fully saturated rings. The largest absolute Gasteiger partial charge is 0.326 e. The lowest BCUT2D eigenvalue weighted by Gasteiger charge is -2.06. The summed E-state index contributed by atoms with van der Waals surface area (Å²) < 4.78 is 0. The lowest BCUT2D eigenvalue weighted by molar-refractivity contribution is -0.114. The Morgan fingerprint density at radius 1 is 1.20 bits per heavy atom. The first-order valence-corrected chi connectivity index (χ1v) is 7.08. The molecule has 3 nitrogen and oxygen atoms in total. The van der Waals surface area contributed by atoms with Crippen LogP contribution in [0.2, 0.25) is 5.02 Å². The maximum atomic E-state index is 10.9. The Morgan fingerprint density at radius 2 is 1.90 bits per heavy atom. The summed E-state index contributed by atoms with van der Waals surface area (Å²) in [4.78, 5) is 23.5. The molecule has 0 aliphatic carbocycles. The number of halogens is 1. The molecule has 0 saturated carbocycles. The molecule has 0 heterocycles. The van der Waals surface area contributed by atoms with E-state index in [4.69, 9.17) is 11.6 Å². The van der Waals surface area contributed by atoms with E-state index < -0.39 is 0 Å². The topological polar surface area (TPSA) is 46.2 Å². The maximum absolute atomic E-state index is 10.9. The van der Waals surface area contributed by atoms with E-state index in [1.54, 1.807) is 12.1 Å². The molecule has 0 bridgehead atoms. The number of hydrogen-bond donors (Lipinski definition) is 1. The van der Waals surface area contributed by atoms with E-state index in [1.807, 2.05) is 30.3 Å². The fourth-order valence-electron chi connectivity index (χ4n) is 1.61. The predicted octanol–water partition coefficient (Wildman–Crippen LogP) is 4.26. The molecular weight excluding hydrogens is 294 g/mol. The third-order valence-corrected chi connectivity index (χ3v) is 4.00. The molecule has 5 heteroatoms. The molecule has 2 rings (SSSR count). The molecule has 0 aliphatic heterocycles. The third kappa shape index (κ3) is 3.85. The highest BCUT2D eigenvalue weighted by Crippen LogP contribution is 2.34. The van der Waals surface area contributed by atoms with Crippen molar-refractivity contribution in [3.63, 3.8) is 0 Å². The van der Waals surface area contributed by atoms with Crippen LogP contribution in [-0.2, 0) is 4.79 Å². The van der Waals surface area contributed by atoms with Crippen LogP contribution in [0.25, 0.3) is 0 Å². The van der Waals surface area contributed by atoms with Crippen molar-refractivity contribution in [3.05, 3.63) is 53.1 Å². The van der Waals surface area contributed by atoms with E-state index in [0.29, 0.717) is 10.6 Å². The maximum Gasteiger partial charge on any atom is 0.221 e. The highest BCUT2D eigenvalue weighted by Gasteiger charge is 2.04. The van der Waals surface area contributed by atoms with Crippen LogP contribution in [0, 0.1) is 0 Å². The normalized spacial score (nSPS) is 10.1. The number of aldehydes is 1. The van der Waals surface area contributed by atoms with Crippen molar-refractivity contribution in [3.8, 4) is 0 Å². The van der Waals surface area contributed by atoms with Gasteiger partial charge in [-0.1, -0.05) is 29.4 Å². The molecule has 1 N–H and O–H groups in total. The average Bonchev–Trinajstić information content (AvgIpc) is 2.42. The summed E-state index contributed by atoms with van der Waals surface area (Å²) in [5.41, 5.74) is 1.31. The van der Waals surface area contributed by atoms with Crippen LogP contribution >= 0.6 is 23.4 Å². The van der Waals surface area contributed by atoms with Gasteiger partial charge in [0.05, 0.1) is 5.02 Å². The van der Waals surface area contributed by atoms with Crippen LogP contribution in [0.1, 0.15) is 17.3 Å². The number of rotatable bonds is 4. The molecule has 20 heavy (non-hydrogen) atoms. The first-order valence-electron chi connectivity index (χ1n) is 5.89. The molecule has 0 unspecified atom stereocenters. The van der Waals surface area contributed by atoms with Crippen LogP contribution in [0.5, 0.6) is 0 Å². The van der Waals surface area contributed by atoms with Gasteiger partial charge in [0.15, 0.2) is 0 Å². The molecular formula is C15H12ClNO2S. The highest BCUT2D eigenvalue weighted by molar-refractivity contribution is 7.99. The Balaban J connectivity index is 2.13. The molecule has 2 aromatic rings. The first kappa shape index (κ1) is 14.6. The van der Waals surface area contributed by atoms with Gasteiger partial charge >= 0.3 is 0 Å². The second-order valence-electron chi connectivity index (χ2n) is 4.12. The summed E-state index contributed by atoms with van der Waals surface area (Å²) in [6.45, 7) is 1.47. The lowest BCUT2D eigenvalue weighted by atomic mass is 10.2. The summed E-state index contributed by atoms with van der Waals surface area (Å²) in [7, 11) is 0. The number of amides is 1. The minimum atomic E-state index is -0.0992. The number of hydrogen-bond acceptors (Lipinski definition) is 3. The van der Waals surface area contributed by atoms with Crippen molar-refractivity contribution in [2.45, 2.75) is 16.7 Å². The van der Waals surface area contributed by atoms with Gasteiger partial charge in [-0.3, -0.25) is 9.59 Å². The zero-order valence-corrected chi connectivity index (χ0v) is 12.3. The van der Waals surface area contributed by atoms with Gasteiger partial charge in [-0.25, -0.2) is 0 Å². The zero-order valence-electron chi connectivity index (χ0n) is 10.7. The van der Waals surface area contributed by atoms with Gasteiger partial charge in [0, 0.05) is 28.0 Å². The molecule has 2 aromatic carbocycles. The van der Waals surface area contributed by atoms with E-state index in [9.17, 15) is 9.59 Å². The molecule has 0 aromatic heterocycles. The van der Waals surface area contributed by atoms with Gasteiger partial charge in [-0.2, -0.15) is 0 Å². The molecule has 0 atom stereocenters. The fourth-order valence-corrected chi connectivity index (χ4v) is 2.73. The SMILES string of the molecule is CC(=O)Nc1ccc(Sc2ccc(C=O)cc2Cl)cc1. The van der Waals surface area contributed by atoms with E-state index in [-0.39, 0.29) is 5.91 Å². The minimum absolute atomic E-state index is 0.0992. The van der Waals surface area contributed by atoms with Crippen LogP contribution in [-0.4, -0.2) is 12.2 Å². The standard InChI is InChI=1S/C15H12ClNO2S/c1-10(19)17-12-3-5-13(6-4-12)20-15-7-2-11(9-18)8-14(15)16/h2-9H,1H3,(H,17,19). The monoisotopic (exact) mass is 305 g/mol. The molecule has 0 spiro atoms. The van der Waals surface area contributed by atoms with Gasteiger partial charge in [-0.05, 0) is 36.4 Å². The van der Waals surface area contributed by atoms with Crippen molar-refractivity contribution >= 4 is 41.2 Å². The van der Waals surface area contributed by atoms with Crippen LogP contribution in [0.3, 0.4) is 0 Å². The fraction of sp³-hybridized carbons (Fsp3) is 0.0667. The molecule has 0 aliphatic rings. The summed E-state index contributed by atoms with van der Waals surface area (Å²) in [5, 5.41) is 3.26. The Kier molecular flexibility index (Phi) is 4.82. The van der Waals surface area contributed by atoms with E-state index in [2.05, 4.69) is 5.32 Å². The lowest BCUT2D eigenvalue weighted by Crippen LogP contribution is -2.05. The van der Waals surface area contributed by atoms with Gasteiger partial charge in [0.2, 0.25) is 5.91 Å². The van der Waals surface area contributed by atoms with Gasteiger partial charge in [-0.15, -0.1) is 0 Å². The van der Waals surface area contributed by atoms with Gasteiger partial charge < -0.3 is 5.32 Å². The van der Waals surface area contributed by atoms with Crippen molar-refractivity contribution in [2.75, 3.05) is 5.32 Å². The predicted molar refractivity (Wildman–Crippen MR) is 81.7 cm³/mol. The Hall–Kier alpha value is -1.78. The van der Waals surface area contributed by atoms with E-state index in [0.717, 1.165) is 21.8 Å². The van der Waals surface area contributed by atoms with Gasteiger partial charge in [0.1, 0.15) is 6.29 Å². The Morgan fingerprint density at radius 3 is 2.45 bits per heavy atom. The number of nitrogens with one attached hydrogen (secondary N) is 1. The quantitative estimate of drug-likeness (QED) is 0.858. The third-order valence-electron chi connectivity index (χ3n) is 2.49. The number of carbonyl (C=O) groups is 2. The summed E-state index contributed by atoms with van der Waals surface area (Å²) in [6.07, 6.45) is 0.766. The van der Waals surface area contributed by atoms with E-state index >= 15 is 0 Å². The number of benzene rings is 2. The first-order chi connectivity index (χ1) is 9.58. The van der Waals surface area contributed by atoms with Crippen molar-refractivity contribution in [1.82, 2.24) is 0 Å². The average molecular weight is 306 g/mol. The van der Waals surface area contributed by atoms with Crippen molar-refractivity contribution in [2.24, 2.45) is 0 Å². The molecule has 102 valence electrons. The Labute approximate surface area is 126 Å². The number of anilines is 1. The van der Waals surface area contributed by atoms with Crippen molar-refractivity contribution in [1.29, 1.82) is 0 Å². The van der Waals surface area contributed by atoms with Gasteiger partial charge in [0.25, 0.3) is 0 Å².